The number of nitrogens with zero attached hydrogens (tertiary/aromatic N) is 2. The van der Waals surface area contributed by atoms with Gasteiger partial charge < -0.3 is 15.3 Å². The largest absolute Gasteiger partial charge is 0.477 e. The fraction of sp³-hybridized carbons (Fsp3) is 0.286. The highest BCUT2D eigenvalue weighted by Gasteiger charge is 2.10. The van der Waals surface area contributed by atoms with Gasteiger partial charge in [-0.1, -0.05) is 18.2 Å². The summed E-state index contributed by atoms with van der Waals surface area (Å²) in [7, 11) is 3.99. The molecule has 0 aliphatic rings. The number of carboxylic acids is 1. The Balaban J connectivity index is 2.36. The van der Waals surface area contributed by atoms with Gasteiger partial charge in [-0.05, 0) is 26.2 Å². The maximum absolute atomic E-state index is 11.1. The van der Waals surface area contributed by atoms with Crippen LogP contribution in [0.25, 0.3) is 10.9 Å². The number of hydrogen-bond acceptors (Lipinski definition) is 4. The van der Waals surface area contributed by atoms with Gasteiger partial charge in [0.15, 0.2) is 5.69 Å². The van der Waals surface area contributed by atoms with Gasteiger partial charge in [-0.3, -0.25) is 0 Å². The minimum absolute atomic E-state index is 0.0612. The molecule has 0 unspecified atom stereocenters. The number of nitrogens with one attached hydrogen (secondary N) is 1. The van der Waals surface area contributed by atoms with E-state index in [0.717, 1.165) is 24.2 Å². The first-order chi connectivity index (χ1) is 9.08. The number of benzene rings is 1. The lowest BCUT2D eigenvalue weighted by Gasteiger charge is -2.13. The van der Waals surface area contributed by atoms with E-state index in [4.69, 9.17) is 5.11 Å². The minimum Gasteiger partial charge on any atom is -0.477 e. The summed E-state index contributed by atoms with van der Waals surface area (Å²) in [6.45, 7) is 1.62. The van der Waals surface area contributed by atoms with Crippen molar-refractivity contribution in [2.75, 3.05) is 32.5 Å². The van der Waals surface area contributed by atoms with E-state index in [1.54, 1.807) is 6.07 Å². The van der Waals surface area contributed by atoms with E-state index in [1.807, 2.05) is 38.4 Å². The van der Waals surface area contributed by atoms with E-state index in [0.29, 0.717) is 5.52 Å². The Morgan fingerprint density at radius 2 is 2.11 bits per heavy atom. The van der Waals surface area contributed by atoms with Gasteiger partial charge in [0, 0.05) is 24.2 Å². The molecule has 0 radical (unpaired) electrons. The molecule has 1 heterocycles. The molecule has 5 nitrogen and oxygen atoms in total. The van der Waals surface area contributed by atoms with Crippen molar-refractivity contribution in [2.45, 2.75) is 0 Å². The molecule has 2 rings (SSSR count). The number of anilines is 1. The monoisotopic (exact) mass is 259 g/mol. The van der Waals surface area contributed by atoms with Gasteiger partial charge in [0.1, 0.15) is 0 Å². The third-order valence-electron chi connectivity index (χ3n) is 2.81. The molecule has 0 amide bonds. The van der Waals surface area contributed by atoms with Crippen LogP contribution in [-0.4, -0.2) is 48.1 Å². The molecule has 2 aromatic rings. The second-order valence-corrected chi connectivity index (χ2v) is 4.61. The number of para-hydroxylation sites is 1. The topological polar surface area (TPSA) is 65.5 Å². The second-order valence-electron chi connectivity index (χ2n) is 4.61. The molecule has 0 aliphatic heterocycles. The average molecular weight is 259 g/mol. The predicted octanol–water partition coefficient (Wildman–Crippen LogP) is 1.91. The summed E-state index contributed by atoms with van der Waals surface area (Å²) >= 11 is 0. The number of rotatable bonds is 5. The Morgan fingerprint density at radius 3 is 2.79 bits per heavy atom. The number of aromatic carboxylic acids is 1. The average Bonchev–Trinajstić information content (AvgIpc) is 2.38. The Bertz CT molecular complexity index is 596. The lowest BCUT2D eigenvalue weighted by molar-refractivity contribution is 0.0691. The van der Waals surface area contributed by atoms with Gasteiger partial charge in [-0.25, -0.2) is 9.78 Å². The van der Waals surface area contributed by atoms with Crippen LogP contribution in [0.5, 0.6) is 0 Å². The summed E-state index contributed by atoms with van der Waals surface area (Å²) in [5, 5.41) is 13.3. The maximum Gasteiger partial charge on any atom is 0.354 e. The number of likely N-dealkylation sites (N-methyl/N-ethyl adjacent to an activating group) is 1. The Kier molecular flexibility index (Phi) is 3.97. The fourth-order valence-electron chi connectivity index (χ4n) is 1.85. The van der Waals surface area contributed by atoms with Gasteiger partial charge in [-0.2, -0.15) is 0 Å². The Morgan fingerprint density at radius 1 is 1.37 bits per heavy atom. The zero-order valence-electron chi connectivity index (χ0n) is 11.1. The minimum atomic E-state index is -1.01. The molecular weight excluding hydrogens is 242 g/mol. The van der Waals surface area contributed by atoms with Crippen molar-refractivity contribution in [3.8, 4) is 0 Å². The van der Waals surface area contributed by atoms with Crippen molar-refractivity contribution < 1.29 is 9.90 Å². The Hall–Kier alpha value is -2.14. The molecule has 100 valence electrons. The number of fused-ring (bicyclic) bond motifs is 1. The first-order valence-electron chi connectivity index (χ1n) is 6.09. The molecule has 0 spiro atoms. The van der Waals surface area contributed by atoms with Crippen LogP contribution in [0.1, 0.15) is 10.5 Å². The second kappa shape index (κ2) is 5.67. The van der Waals surface area contributed by atoms with E-state index in [1.165, 1.54) is 0 Å². The normalized spacial score (nSPS) is 10.9. The highest BCUT2D eigenvalue weighted by Crippen LogP contribution is 2.22. The summed E-state index contributed by atoms with van der Waals surface area (Å²) in [5.41, 5.74) is 1.56. The van der Waals surface area contributed by atoms with Crippen molar-refractivity contribution in [1.29, 1.82) is 0 Å². The fourth-order valence-corrected chi connectivity index (χ4v) is 1.85. The van der Waals surface area contributed by atoms with Crippen LogP contribution in [0.15, 0.2) is 30.3 Å². The summed E-state index contributed by atoms with van der Waals surface area (Å²) in [4.78, 5) is 17.3. The molecular formula is C14H17N3O2. The molecule has 2 N–H and O–H groups in total. The van der Waals surface area contributed by atoms with Crippen LogP contribution in [-0.2, 0) is 0 Å². The third-order valence-corrected chi connectivity index (χ3v) is 2.81. The maximum atomic E-state index is 11.1. The summed E-state index contributed by atoms with van der Waals surface area (Å²) in [5.74, 6) is -1.01. The van der Waals surface area contributed by atoms with E-state index >= 15 is 0 Å². The molecule has 0 saturated heterocycles. The van der Waals surface area contributed by atoms with Crippen LogP contribution >= 0.6 is 0 Å². The molecule has 1 aromatic heterocycles. The molecule has 0 aliphatic carbocycles. The number of aromatic nitrogens is 1. The summed E-state index contributed by atoms with van der Waals surface area (Å²) in [6, 6.07) is 9.11. The van der Waals surface area contributed by atoms with Gasteiger partial charge in [0.25, 0.3) is 0 Å². The first kappa shape index (κ1) is 13.3. The van der Waals surface area contributed by atoms with Gasteiger partial charge in [-0.15, -0.1) is 0 Å². The van der Waals surface area contributed by atoms with Crippen LogP contribution < -0.4 is 5.32 Å². The first-order valence-corrected chi connectivity index (χ1v) is 6.09. The molecule has 0 fully saturated rings. The number of carbonyl (C=O) groups is 1. The Labute approximate surface area is 111 Å². The molecule has 0 bridgehead atoms. The van der Waals surface area contributed by atoms with Crippen molar-refractivity contribution in [1.82, 2.24) is 9.88 Å². The van der Waals surface area contributed by atoms with Crippen LogP contribution in [0, 0.1) is 0 Å². The summed E-state index contributed by atoms with van der Waals surface area (Å²) < 4.78 is 0. The number of carboxylic acid groups (broad SMARTS) is 1. The van der Waals surface area contributed by atoms with E-state index in [9.17, 15) is 4.79 Å². The lowest BCUT2D eigenvalue weighted by atomic mass is 10.1. The molecule has 5 heteroatoms. The van der Waals surface area contributed by atoms with E-state index in [2.05, 4.69) is 15.2 Å². The van der Waals surface area contributed by atoms with Crippen molar-refractivity contribution in [3.05, 3.63) is 36.0 Å². The van der Waals surface area contributed by atoms with Gasteiger partial charge >= 0.3 is 5.97 Å². The predicted molar refractivity (Wildman–Crippen MR) is 75.7 cm³/mol. The highest BCUT2D eigenvalue weighted by molar-refractivity contribution is 5.97. The smallest absolute Gasteiger partial charge is 0.354 e. The zero-order chi connectivity index (χ0) is 13.8. The van der Waals surface area contributed by atoms with E-state index < -0.39 is 5.97 Å². The van der Waals surface area contributed by atoms with Crippen LogP contribution in [0.2, 0.25) is 0 Å². The SMILES string of the molecule is CN(C)CCNc1cc(C(=O)O)nc2ccccc12. The third kappa shape index (κ3) is 3.20. The van der Waals surface area contributed by atoms with E-state index in [-0.39, 0.29) is 5.69 Å². The van der Waals surface area contributed by atoms with Crippen molar-refractivity contribution in [3.63, 3.8) is 0 Å². The zero-order valence-corrected chi connectivity index (χ0v) is 11.1. The molecule has 0 atom stereocenters. The molecule has 19 heavy (non-hydrogen) atoms. The van der Waals surface area contributed by atoms with Crippen molar-refractivity contribution >= 4 is 22.6 Å². The van der Waals surface area contributed by atoms with Crippen molar-refractivity contribution in [2.24, 2.45) is 0 Å². The quantitative estimate of drug-likeness (QED) is 0.858. The number of hydrogen-bond donors (Lipinski definition) is 2. The number of pyridine rings is 1. The van der Waals surface area contributed by atoms with Crippen LogP contribution in [0.3, 0.4) is 0 Å². The standard InChI is InChI=1S/C14H17N3O2/c1-17(2)8-7-15-12-9-13(14(18)19)16-11-6-4-3-5-10(11)12/h3-6,9H,7-8H2,1-2H3,(H,15,16)(H,18,19). The van der Waals surface area contributed by atoms with Gasteiger partial charge in [0.2, 0.25) is 0 Å². The molecule has 1 aromatic carbocycles. The highest BCUT2D eigenvalue weighted by atomic mass is 16.4. The van der Waals surface area contributed by atoms with Crippen LogP contribution in [0.4, 0.5) is 5.69 Å². The summed E-state index contributed by atoms with van der Waals surface area (Å²) in [6.07, 6.45) is 0. The molecule has 0 saturated carbocycles. The van der Waals surface area contributed by atoms with Gasteiger partial charge in [0.05, 0.1) is 5.52 Å². The lowest BCUT2D eigenvalue weighted by Crippen LogP contribution is -2.21.